The zero-order valence-corrected chi connectivity index (χ0v) is 24.3. The van der Waals surface area contributed by atoms with Crippen LogP contribution in [-0.2, 0) is 14.3 Å². The maximum absolute atomic E-state index is 13.2. The zero-order chi connectivity index (χ0) is 26.3. The summed E-state index contributed by atoms with van der Waals surface area (Å²) in [5, 5.41) is 11.0. The predicted octanol–water partition coefficient (Wildman–Crippen LogP) is 7.55. The van der Waals surface area contributed by atoms with E-state index in [4.69, 9.17) is 4.74 Å². The molecule has 5 heteroatoms. The van der Waals surface area contributed by atoms with Gasteiger partial charge in [-0.05, 0) is 98.2 Å². The second-order valence-electron chi connectivity index (χ2n) is 13.4. The molecule has 5 aliphatic rings. The molecule has 0 spiro atoms. The molecule has 0 radical (unpaired) electrons. The largest absolute Gasteiger partial charge is 0.504 e. The quantitative estimate of drug-likeness (QED) is 0.288. The van der Waals surface area contributed by atoms with Crippen LogP contribution in [0.15, 0.2) is 46.3 Å². The van der Waals surface area contributed by atoms with Gasteiger partial charge in [0.25, 0.3) is 0 Å². The summed E-state index contributed by atoms with van der Waals surface area (Å²) >= 11 is 3.39. The van der Waals surface area contributed by atoms with Crippen LogP contribution >= 0.6 is 15.9 Å². The molecule has 196 valence electrons. The average Bonchev–Trinajstić information content (AvgIpc) is 2.84. The van der Waals surface area contributed by atoms with Crippen LogP contribution < -0.4 is 0 Å². The third-order valence-electron chi connectivity index (χ3n) is 11.7. The molecule has 4 nitrogen and oxygen atoms in total. The van der Waals surface area contributed by atoms with Crippen LogP contribution in [0.1, 0.15) is 86.5 Å². The first-order valence-electron chi connectivity index (χ1n) is 13.6. The fourth-order valence-corrected chi connectivity index (χ4v) is 9.11. The van der Waals surface area contributed by atoms with Crippen molar-refractivity contribution < 1.29 is 19.4 Å². The summed E-state index contributed by atoms with van der Waals surface area (Å²) in [5.74, 6) is -0.0266. The summed E-state index contributed by atoms with van der Waals surface area (Å²) in [5.41, 5.74) is 3.75. The molecule has 3 saturated carbocycles. The van der Waals surface area contributed by atoms with Crippen LogP contribution in [0.3, 0.4) is 0 Å². The van der Waals surface area contributed by atoms with Gasteiger partial charge in [-0.1, -0.05) is 61.4 Å². The van der Waals surface area contributed by atoms with Crippen molar-refractivity contribution in [1.29, 1.82) is 0 Å². The van der Waals surface area contributed by atoms with E-state index in [0.717, 1.165) is 56.1 Å². The topological polar surface area (TPSA) is 63.6 Å². The average molecular weight is 558 g/mol. The van der Waals surface area contributed by atoms with Gasteiger partial charge in [-0.3, -0.25) is 9.59 Å². The van der Waals surface area contributed by atoms with Crippen LogP contribution in [0.5, 0.6) is 0 Å². The van der Waals surface area contributed by atoms with Gasteiger partial charge in [-0.15, -0.1) is 0 Å². The van der Waals surface area contributed by atoms with Crippen molar-refractivity contribution >= 4 is 27.7 Å². The first kappa shape index (κ1) is 26.0. The van der Waals surface area contributed by atoms with Crippen LogP contribution in [0.25, 0.3) is 0 Å². The molecule has 36 heavy (non-hydrogen) atoms. The number of aliphatic hydroxyl groups is 1. The highest BCUT2D eigenvalue weighted by atomic mass is 79.9. The molecule has 0 aliphatic heterocycles. The van der Waals surface area contributed by atoms with E-state index < -0.39 is 5.41 Å². The van der Waals surface area contributed by atoms with E-state index >= 15 is 0 Å². The number of alkyl halides is 1. The fraction of sp³-hybridized carbons (Fsp3) is 0.677. The lowest BCUT2D eigenvalue weighted by atomic mass is 9.34. The number of allylic oxidation sites excluding steroid dienone is 7. The second-order valence-corrected chi connectivity index (χ2v) is 14.2. The third-order valence-corrected chi connectivity index (χ3v) is 12.0. The smallest absolute Gasteiger partial charge is 0.311 e. The van der Waals surface area contributed by atoms with Crippen molar-refractivity contribution in [2.75, 3.05) is 11.9 Å². The first-order valence-corrected chi connectivity index (χ1v) is 14.7. The van der Waals surface area contributed by atoms with Gasteiger partial charge >= 0.3 is 5.97 Å². The molecule has 6 atom stereocenters. The van der Waals surface area contributed by atoms with E-state index in [1.807, 2.05) is 6.92 Å². The number of hydrogen-bond acceptors (Lipinski definition) is 4. The standard InChI is InChI=1S/C31H41BrO4/c1-19-20-7-8-23-29(4,21(20)17-22(33)25(19)34)12-14-31(6)24-18-28(3,26(35)36-16-15-32)10-9-27(24,2)11-13-30(23,31)5/h7-8,17,24,34H,9-16,18H2,1-6H3/t24-,27-,28-,29+,30-,31+/m1/s1. The number of esters is 1. The number of ketones is 1. The lowest BCUT2D eigenvalue weighted by molar-refractivity contribution is -0.182. The van der Waals surface area contributed by atoms with Crippen molar-refractivity contribution in [3.05, 3.63) is 46.3 Å². The summed E-state index contributed by atoms with van der Waals surface area (Å²) in [6, 6.07) is 0. The highest BCUT2D eigenvalue weighted by molar-refractivity contribution is 9.09. The molecule has 3 fully saturated rings. The second kappa shape index (κ2) is 8.19. The summed E-state index contributed by atoms with van der Waals surface area (Å²) in [6.07, 6.45) is 13.3. The molecule has 0 aromatic rings. The molecule has 0 unspecified atom stereocenters. The van der Waals surface area contributed by atoms with E-state index in [-0.39, 0.29) is 39.2 Å². The van der Waals surface area contributed by atoms with Crippen molar-refractivity contribution in [1.82, 2.24) is 0 Å². The Morgan fingerprint density at radius 2 is 1.75 bits per heavy atom. The van der Waals surface area contributed by atoms with Crippen LogP contribution in [-0.4, -0.2) is 28.8 Å². The monoisotopic (exact) mass is 556 g/mol. The highest BCUT2D eigenvalue weighted by Crippen LogP contribution is 2.75. The van der Waals surface area contributed by atoms with E-state index in [1.54, 1.807) is 6.08 Å². The van der Waals surface area contributed by atoms with Crippen LogP contribution in [0, 0.1) is 33.0 Å². The lowest BCUT2D eigenvalue weighted by Gasteiger charge is -2.70. The Bertz CT molecular complexity index is 1160. The Balaban J connectivity index is 1.57. The molecular formula is C31H41BrO4. The molecule has 0 saturated heterocycles. The van der Waals surface area contributed by atoms with Crippen molar-refractivity contribution in [3.8, 4) is 0 Å². The summed E-state index contributed by atoms with van der Waals surface area (Å²) in [7, 11) is 0. The molecule has 5 aliphatic carbocycles. The van der Waals surface area contributed by atoms with Gasteiger partial charge in [0.1, 0.15) is 6.61 Å². The summed E-state index contributed by atoms with van der Waals surface area (Å²) < 4.78 is 5.66. The van der Waals surface area contributed by atoms with Crippen LogP contribution in [0.4, 0.5) is 0 Å². The Morgan fingerprint density at radius 3 is 2.44 bits per heavy atom. The van der Waals surface area contributed by atoms with Gasteiger partial charge in [0.2, 0.25) is 5.78 Å². The minimum atomic E-state index is -0.444. The van der Waals surface area contributed by atoms with Crippen LogP contribution in [0.2, 0.25) is 0 Å². The maximum atomic E-state index is 13.2. The molecular weight excluding hydrogens is 516 g/mol. The predicted molar refractivity (Wildman–Crippen MR) is 146 cm³/mol. The number of carbonyl (C=O) groups excluding carboxylic acids is 2. The molecule has 0 bridgehead atoms. The van der Waals surface area contributed by atoms with Gasteiger partial charge in [0.15, 0.2) is 5.76 Å². The summed E-state index contributed by atoms with van der Waals surface area (Å²) in [6.45, 7) is 14.1. The van der Waals surface area contributed by atoms with E-state index in [9.17, 15) is 14.7 Å². The molecule has 5 rings (SSSR count). The maximum Gasteiger partial charge on any atom is 0.311 e. The molecule has 0 aromatic carbocycles. The number of rotatable bonds is 3. The number of fused-ring (bicyclic) bond motifs is 7. The fourth-order valence-electron chi connectivity index (χ4n) is 8.95. The number of carbonyl (C=O) groups is 2. The third kappa shape index (κ3) is 3.29. The highest BCUT2D eigenvalue weighted by Gasteiger charge is 2.67. The van der Waals surface area contributed by atoms with Gasteiger partial charge in [-0.2, -0.15) is 0 Å². The molecule has 0 heterocycles. The van der Waals surface area contributed by atoms with E-state index in [2.05, 4.69) is 62.7 Å². The molecule has 1 N–H and O–H groups in total. The molecule has 0 amide bonds. The van der Waals surface area contributed by atoms with E-state index in [0.29, 0.717) is 23.4 Å². The van der Waals surface area contributed by atoms with Crippen molar-refractivity contribution in [2.24, 2.45) is 33.0 Å². The number of aliphatic hydroxyl groups excluding tert-OH is 1. The first-order chi connectivity index (χ1) is 16.8. The van der Waals surface area contributed by atoms with E-state index in [1.165, 1.54) is 5.57 Å². The number of halogens is 1. The number of ether oxygens (including phenoxy) is 1. The Labute approximate surface area is 224 Å². The Hall–Kier alpha value is -1.62. The minimum absolute atomic E-state index is 0.0365. The zero-order valence-electron chi connectivity index (χ0n) is 22.7. The normalized spacial score (nSPS) is 43.8. The lowest BCUT2D eigenvalue weighted by Crippen LogP contribution is -2.62. The Kier molecular flexibility index (Phi) is 5.91. The van der Waals surface area contributed by atoms with Gasteiger partial charge in [0, 0.05) is 16.3 Å². The van der Waals surface area contributed by atoms with Gasteiger partial charge in [0.05, 0.1) is 5.41 Å². The van der Waals surface area contributed by atoms with Gasteiger partial charge < -0.3 is 9.84 Å². The van der Waals surface area contributed by atoms with Crippen molar-refractivity contribution in [2.45, 2.75) is 86.5 Å². The SMILES string of the molecule is CC1=C(O)C(=O)C=C2C1=CC=C1[C@@]2(C)CC[C@@]2(C)[C@@H]3C[C@](C)(C(=O)OCCBr)CC[C@]3(C)CC[C@]12C. The Morgan fingerprint density at radius 1 is 1.06 bits per heavy atom. The van der Waals surface area contributed by atoms with Gasteiger partial charge in [-0.25, -0.2) is 0 Å². The summed E-state index contributed by atoms with van der Waals surface area (Å²) in [4.78, 5) is 25.9. The van der Waals surface area contributed by atoms with Crippen molar-refractivity contribution in [3.63, 3.8) is 0 Å². The minimum Gasteiger partial charge on any atom is -0.504 e. The molecule has 0 aromatic heterocycles. The number of hydrogen-bond donors (Lipinski definition) is 1.